The smallest absolute Gasteiger partial charge is 0.306 e. The Morgan fingerprint density at radius 1 is 0.328 bits per heavy atom. The minimum atomic E-state index is -0.766. The van der Waals surface area contributed by atoms with Crippen LogP contribution in [0.2, 0.25) is 0 Å². The molecule has 0 saturated carbocycles. The number of allylic oxidation sites excluding steroid dienone is 2. The van der Waals surface area contributed by atoms with E-state index >= 15 is 0 Å². The molecule has 0 radical (unpaired) electrons. The molecule has 6 heteroatoms. The van der Waals surface area contributed by atoms with Crippen LogP contribution in [0.25, 0.3) is 0 Å². The first-order valence-corrected chi connectivity index (χ1v) is 25.7. The van der Waals surface area contributed by atoms with Gasteiger partial charge in [-0.15, -0.1) is 0 Å². The van der Waals surface area contributed by atoms with Gasteiger partial charge in [-0.1, -0.05) is 232 Å². The standard InChI is InChI=1S/C52H98O6/c1-4-7-10-13-16-19-21-23-24-25-26-27-29-30-33-36-39-42-45-51(54)57-48-49(47-56-50(53)44-41-38-35-32-18-15-12-9-6-3)58-52(55)46-43-40-37-34-31-28-22-20-17-14-11-8-5-2/h20,22,49H,4-19,21,23-48H2,1-3H3/b22-20-. The van der Waals surface area contributed by atoms with E-state index in [0.29, 0.717) is 19.3 Å². The number of carbonyl (C=O) groups excluding carboxylic acids is 3. The van der Waals surface area contributed by atoms with Crippen LogP contribution in [-0.2, 0) is 28.6 Å². The molecule has 0 aromatic carbocycles. The van der Waals surface area contributed by atoms with Crippen LogP contribution in [-0.4, -0.2) is 37.2 Å². The van der Waals surface area contributed by atoms with Crippen LogP contribution in [0.3, 0.4) is 0 Å². The van der Waals surface area contributed by atoms with E-state index < -0.39 is 6.10 Å². The zero-order chi connectivity index (χ0) is 42.3. The van der Waals surface area contributed by atoms with Gasteiger partial charge in [0.1, 0.15) is 13.2 Å². The highest BCUT2D eigenvalue weighted by atomic mass is 16.6. The molecule has 6 nitrogen and oxygen atoms in total. The summed E-state index contributed by atoms with van der Waals surface area (Å²) in [6.07, 6.45) is 52.0. The average molecular weight is 819 g/mol. The van der Waals surface area contributed by atoms with Crippen molar-refractivity contribution in [3.05, 3.63) is 12.2 Å². The fraction of sp³-hybridized carbons (Fsp3) is 0.904. The van der Waals surface area contributed by atoms with E-state index in [0.717, 1.165) is 64.2 Å². The Hall–Kier alpha value is -1.85. The van der Waals surface area contributed by atoms with Crippen LogP contribution in [0.1, 0.15) is 284 Å². The number of rotatable bonds is 47. The van der Waals surface area contributed by atoms with Gasteiger partial charge in [0.15, 0.2) is 6.10 Å². The molecule has 0 aliphatic carbocycles. The van der Waals surface area contributed by atoms with Gasteiger partial charge in [0.2, 0.25) is 0 Å². The van der Waals surface area contributed by atoms with Crippen LogP contribution in [0.5, 0.6) is 0 Å². The third-order valence-electron chi connectivity index (χ3n) is 11.5. The number of unbranched alkanes of at least 4 members (excludes halogenated alkanes) is 34. The van der Waals surface area contributed by atoms with Gasteiger partial charge in [0, 0.05) is 19.3 Å². The lowest BCUT2D eigenvalue weighted by molar-refractivity contribution is -0.167. The molecule has 342 valence electrons. The first kappa shape index (κ1) is 56.1. The van der Waals surface area contributed by atoms with Crippen molar-refractivity contribution >= 4 is 17.9 Å². The molecule has 0 aliphatic rings. The minimum absolute atomic E-state index is 0.0684. The highest BCUT2D eigenvalue weighted by Gasteiger charge is 2.19. The lowest BCUT2D eigenvalue weighted by Crippen LogP contribution is -2.30. The summed E-state index contributed by atoms with van der Waals surface area (Å²) in [4.78, 5) is 37.8. The van der Waals surface area contributed by atoms with E-state index in [1.165, 1.54) is 180 Å². The molecule has 0 aromatic heterocycles. The van der Waals surface area contributed by atoms with E-state index in [2.05, 4.69) is 32.9 Å². The number of carbonyl (C=O) groups is 3. The summed E-state index contributed by atoms with van der Waals surface area (Å²) in [6, 6.07) is 0. The van der Waals surface area contributed by atoms with Crippen molar-refractivity contribution in [2.75, 3.05) is 13.2 Å². The molecule has 0 heterocycles. The molecule has 0 saturated heterocycles. The average Bonchev–Trinajstić information content (AvgIpc) is 3.22. The van der Waals surface area contributed by atoms with Crippen molar-refractivity contribution in [3.8, 4) is 0 Å². The molecule has 0 N–H and O–H groups in total. The van der Waals surface area contributed by atoms with Crippen LogP contribution in [0, 0.1) is 0 Å². The van der Waals surface area contributed by atoms with E-state index in [-0.39, 0.29) is 31.1 Å². The monoisotopic (exact) mass is 819 g/mol. The number of ether oxygens (including phenoxy) is 3. The lowest BCUT2D eigenvalue weighted by atomic mass is 10.0. The van der Waals surface area contributed by atoms with Crippen molar-refractivity contribution in [2.24, 2.45) is 0 Å². The van der Waals surface area contributed by atoms with Gasteiger partial charge in [-0.2, -0.15) is 0 Å². The summed E-state index contributed by atoms with van der Waals surface area (Å²) >= 11 is 0. The normalized spacial score (nSPS) is 12.0. The largest absolute Gasteiger partial charge is 0.462 e. The zero-order valence-corrected chi connectivity index (χ0v) is 39.1. The fourth-order valence-corrected chi connectivity index (χ4v) is 7.61. The second-order valence-corrected chi connectivity index (χ2v) is 17.4. The van der Waals surface area contributed by atoms with Gasteiger partial charge in [-0.3, -0.25) is 14.4 Å². The Morgan fingerprint density at radius 3 is 0.879 bits per heavy atom. The highest BCUT2D eigenvalue weighted by Crippen LogP contribution is 2.16. The maximum atomic E-state index is 12.7. The predicted molar refractivity (Wildman–Crippen MR) is 247 cm³/mol. The summed E-state index contributed by atoms with van der Waals surface area (Å²) < 4.78 is 16.8. The predicted octanol–water partition coefficient (Wildman–Crippen LogP) is 16.6. The summed E-state index contributed by atoms with van der Waals surface area (Å²) in [5, 5.41) is 0. The zero-order valence-electron chi connectivity index (χ0n) is 39.1. The van der Waals surface area contributed by atoms with E-state index in [1.807, 2.05) is 0 Å². The Kier molecular flexibility index (Phi) is 46.3. The Morgan fingerprint density at radius 2 is 0.569 bits per heavy atom. The molecule has 0 amide bonds. The lowest BCUT2D eigenvalue weighted by Gasteiger charge is -2.18. The maximum Gasteiger partial charge on any atom is 0.306 e. The van der Waals surface area contributed by atoms with Gasteiger partial charge in [-0.05, 0) is 44.9 Å². The molecule has 0 rings (SSSR count). The van der Waals surface area contributed by atoms with E-state index in [9.17, 15) is 14.4 Å². The van der Waals surface area contributed by atoms with Gasteiger partial charge < -0.3 is 14.2 Å². The summed E-state index contributed by atoms with van der Waals surface area (Å²) in [6.45, 7) is 6.63. The molecule has 0 fully saturated rings. The SMILES string of the molecule is CCCCCC/C=C\CCCCCCCC(=O)OC(COC(=O)CCCCCCCCCCC)COC(=O)CCCCCCCCCCCCCCCCCCCC. The highest BCUT2D eigenvalue weighted by molar-refractivity contribution is 5.71. The van der Waals surface area contributed by atoms with Crippen LogP contribution >= 0.6 is 0 Å². The molecule has 58 heavy (non-hydrogen) atoms. The molecule has 0 aliphatic heterocycles. The van der Waals surface area contributed by atoms with Gasteiger partial charge >= 0.3 is 17.9 Å². The van der Waals surface area contributed by atoms with Crippen molar-refractivity contribution in [3.63, 3.8) is 0 Å². The summed E-state index contributed by atoms with van der Waals surface area (Å²) in [5.74, 6) is -0.865. The molecule has 0 aromatic rings. The Labute approximate surface area is 360 Å². The number of hydrogen-bond donors (Lipinski definition) is 0. The summed E-state index contributed by atoms with van der Waals surface area (Å²) in [7, 11) is 0. The molecule has 0 spiro atoms. The second-order valence-electron chi connectivity index (χ2n) is 17.4. The van der Waals surface area contributed by atoms with E-state index in [4.69, 9.17) is 14.2 Å². The first-order valence-electron chi connectivity index (χ1n) is 25.7. The topological polar surface area (TPSA) is 78.9 Å². The maximum absolute atomic E-state index is 12.7. The van der Waals surface area contributed by atoms with Gasteiger partial charge in [0.05, 0.1) is 0 Å². The van der Waals surface area contributed by atoms with Gasteiger partial charge in [-0.25, -0.2) is 0 Å². The molecular formula is C52H98O6. The van der Waals surface area contributed by atoms with Crippen LogP contribution in [0.4, 0.5) is 0 Å². The molecule has 1 unspecified atom stereocenters. The van der Waals surface area contributed by atoms with Crippen molar-refractivity contribution in [2.45, 2.75) is 290 Å². The third-order valence-corrected chi connectivity index (χ3v) is 11.5. The number of esters is 3. The van der Waals surface area contributed by atoms with Crippen molar-refractivity contribution in [1.29, 1.82) is 0 Å². The fourth-order valence-electron chi connectivity index (χ4n) is 7.61. The quantitative estimate of drug-likeness (QED) is 0.0263. The van der Waals surface area contributed by atoms with Crippen molar-refractivity contribution in [1.82, 2.24) is 0 Å². The minimum Gasteiger partial charge on any atom is -0.462 e. The van der Waals surface area contributed by atoms with Crippen LogP contribution < -0.4 is 0 Å². The Bertz CT molecular complexity index is 900. The number of hydrogen-bond acceptors (Lipinski definition) is 6. The molecule has 0 bridgehead atoms. The molecule has 1 atom stereocenters. The first-order chi connectivity index (χ1) is 28.5. The van der Waals surface area contributed by atoms with Crippen molar-refractivity contribution < 1.29 is 28.6 Å². The Balaban J connectivity index is 4.25. The van der Waals surface area contributed by atoms with Gasteiger partial charge in [0.25, 0.3) is 0 Å². The summed E-state index contributed by atoms with van der Waals surface area (Å²) in [5.41, 5.74) is 0. The third kappa shape index (κ3) is 45.2. The molecular weight excluding hydrogens is 721 g/mol. The van der Waals surface area contributed by atoms with E-state index in [1.54, 1.807) is 0 Å². The van der Waals surface area contributed by atoms with Crippen LogP contribution in [0.15, 0.2) is 12.2 Å². The second kappa shape index (κ2) is 47.8.